The maximum absolute atomic E-state index is 12.9. The van der Waals surface area contributed by atoms with Crippen LogP contribution in [0.1, 0.15) is 93.9 Å². The fourth-order valence-corrected chi connectivity index (χ4v) is 3.87. The van der Waals surface area contributed by atoms with Crippen LogP contribution in [-0.4, -0.2) is 60.5 Å². The van der Waals surface area contributed by atoms with E-state index in [2.05, 4.69) is 24.5 Å². The predicted molar refractivity (Wildman–Crippen MR) is 130 cm³/mol. The molecule has 0 aromatic carbocycles. The van der Waals surface area contributed by atoms with Crippen LogP contribution in [0.5, 0.6) is 0 Å². The molecule has 0 bridgehead atoms. The molecule has 1 saturated carbocycles. The van der Waals surface area contributed by atoms with Gasteiger partial charge in [-0.3, -0.25) is 0 Å². The first-order valence-electron chi connectivity index (χ1n) is 12.5. The van der Waals surface area contributed by atoms with Crippen molar-refractivity contribution in [1.29, 1.82) is 0 Å². The van der Waals surface area contributed by atoms with Crippen molar-refractivity contribution in [3.05, 3.63) is 0 Å². The Morgan fingerprint density at radius 2 is 1.47 bits per heavy atom. The van der Waals surface area contributed by atoms with Crippen molar-refractivity contribution >= 4 is 12.2 Å². The standard InChI is InChI=1S/C25H49N3O4/c1-19(2)20(18-27-22(29)31-24(3,4)5)17-26-15-16-28(23(30)32-25(6,7)8)21-13-11-9-10-12-14-21/h19-21,26H,9-18H2,1-8H3,(H,27,29). The van der Waals surface area contributed by atoms with Crippen LogP contribution in [0, 0.1) is 11.8 Å². The Kier molecular flexibility index (Phi) is 11.8. The number of ether oxygens (including phenoxy) is 2. The number of hydrogen-bond acceptors (Lipinski definition) is 5. The average Bonchev–Trinajstić information content (AvgIpc) is 2.89. The molecule has 1 atom stereocenters. The van der Waals surface area contributed by atoms with Crippen molar-refractivity contribution in [1.82, 2.24) is 15.5 Å². The Labute approximate surface area is 196 Å². The quantitative estimate of drug-likeness (QED) is 0.363. The minimum absolute atomic E-state index is 0.210. The van der Waals surface area contributed by atoms with Crippen molar-refractivity contribution in [3.8, 4) is 0 Å². The normalized spacial score (nSPS) is 16.9. The number of nitrogens with one attached hydrogen (secondary N) is 2. The fourth-order valence-electron chi connectivity index (χ4n) is 3.87. The van der Waals surface area contributed by atoms with E-state index >= 15 is 0 Å². The summed E-state index contributed by atoms with van der Waals surface area (Å²) >= 11 is 0. The lowest BCUT2D eigenvalue weighted by Gasteiger charge is -2.33. The molecule has 7 heteroatoms. The summed E-state index contributed by atoms with van der Waals surface area (Å²) in [5, 5.41) is 6.39. The Morgan fingerprint density at radius 3 is 1.97 bits per heavy atom. The van der Waals surface area contributed by atoms with Gasteiger partial charge < -0.3 is 25.0 Å². The van der Waals surface area contributed by atoms with E-state index in [9.17, 15) is 9.59 Å². The number of alkyl carbamates (subject to hydrolysis) is 1. The van der Waals surface area contributed by atoms with Crippen LogP contribution in [0.15, 0.2) is 0 Å². The van der Waals surface area contributed by atoms with Gasteiger partial charge in [-0.25, -0.2) is 9.59 Å². The van der Waals surface area contributed by atoms with Crippen LogP contribution in [0.3, 0.4) is 0 Å². The van der Waals surface area contributed by atoms with Crippen LogP contribution in [0.25, 0.3) is 0 Å². The molecule has 0 aliphatic heterocycles. The van der Waals surface area contributed by atoms with Crippen molar-refractivity contribution < 1.29 is 19.1 Å². The minimum Gasteiger partial charge on any atom is -0.444 e. The van der Waals surface area contributed by atoms with E-state index in [1.165, 1.54) is 25.7 Å². The molecular formula is C25H49N3O4. The molecule has 2 amide bonds. The first-order chi connectivity index (χ1) is 14.8. The lowest BCUT2D eigenvalue weighted by atomic mass is 9.96. The molecule has 0 aromatic heterocycles. The smallest absolute Gasteiger partial charge is 0.410 e. The SMILES string of the molecule is CC(C)C(CNCCN(C(=O)OC(C)(C)C)C1CCCCCC1)CNC(=O)OC(C)(C)C. The predicted octanol–water partition coefficient (Wildman–Crippen LogP) is 5.33. The van der Waals surface area contributed by atoms with Crippen molar-refractivity contribution in [2.24, 2.45) is 11.8 Å². The zero-order valence-corrected chi connectivity index (χ0v) is 21.9. The molecule has 1 rings (SSSR count). The monoisotopic (exact) mass is 455 g/mol. The number of hydrogen-bond donors (Lipinski definition) is 2. The minimum atomic E-state index is -0.501. The summed E-state index contributed by atoms with van der Waals surface area (Å²) in [5.74, 6) is 0.677. The largest absolute Gasteiger partial charge is 0.444 e. The van der Waals surface area contributed by atoms with E-state index in [0.717, 1.165) is 19.4 Å². The summed E-state index contributed by atoms with van der Waals surface area (Å²) in [7, 11) is 0. The molecule has 1 aliphatic carbocycles. The van der Waals surface area contributed by atoms with Gasteiger partial charge in [-0.05, 0) is 72.8 Å². The average molecular weight is 456 g/mol. The zero-order valence-electron chi connectivity index (χ0n) is 21.9. The number of carbonyl (C=O) groups excluding carboxylic acids is 2. The third kappa shape index (κ3) is 12.5. The second kappa shape index (κ2) is 13.3. The molecule has 0 heterocycles. The second-order valence-electron chi connectivity index (χ2n) is 11.4. The van der Waals surface area contributed by atoms with E-state index in [1.54, 1.807) is 0 Å². The van der Waals surface area contributed by atoms with Crippen LogP contribution < -0.4 is 10.6 Å². The first kappa shape index (κ1) is 28.5. The number of nitrogens with zero attached hydrogens (tertiary/aromatic N) is 1. The van der Waals surface area contributed by atoms with Crippen molar-refractivity contribution in [3.63, 3.8) is 0 Å². The van der Waals surface area contributed by atoms with Gasteiger partial charge in [0, 0.05) is 25.7 Å². The van der Waals surface area contributed by atoms with E-state index in [4.69, 9.17) is 9.47 Å². The highest BCUT2D eigenvalue weighted by Crippen LogP contribution is 2.23. The highest BCUT2D eigenvalue weighted by molar-refractivity contribution is 5.68. The van der Waals surface area contributed by atoms with Gasteiger partial charge in [0.2, 0.25) is 0 Å². The summed E-state index contributed by atoms with van der Waals surface area (Å²) in [4.78, 5) is 26.8. The summed E-state index contributed by atoms with van der Waals surface area (Å²) in [6.07, 6.45) is 6.34. The molecule has 32 heavy (non-hydrogen) atoms. The Hall–Kier alpha value is -1.50. The number of carbonyl (C=O) groups is 2. The molecule has 1 aliphatic rings. The van der Waals surface area contributed by atoms with Gasteiger partial charge in [0.05, 0.1) is 0 Å². The molecule has 0 aromatic rings. The molecule has 0 radical (unpaired) electrons. The Morgan fingerprint density at radius 1 is 0.906 bits per heavy atom. The van der Waals surface area contributed by atoms with Gasteiger partial charge in [-0.15, -0.1) is 0 Å². The summed E-state index contributed by atoms with van der Waals surface area (Å²) in [6.45, 7) is 18.3. The second-order valence-corrected chi connectivity index (χ2v) is 11.4. The van der Waals surface area contributed by atoms with Gasteiger partial charge in [0.15, 0.2) is 0 Å². The van der Waals surface area contributed by atoms with E-state index in [-0.39, 0.29) is 24.1 Å². The number of amides is 2. The lowest BCUT2D eigenvalue weighted by molar-refractivity contribution is 0.0146. The van der Waals surface area contributed by atoms with E-state index in [1.807, 2.05) is 46.4 Å². The number of rotatable bonds is 9. The molecule has 188 valence electrons. The van der Waals surface area contributed by atoms with Gasteiger partial charge in [0.25, 0.3) is 0 Å². The zero-order chi connectivity index (χ0) is 24.4. The summed E-state index contributed by atoms with van der Waals surface area (Å²) in [6, 6.07) is 0.254. The third-order valence-corrected chi connectivity index (χ3v) is 5.68. The molecule has 0 spiro atoms. The third-order valence-electron chi connectivity index (χ3n) is 5.68. The van der Waals surface area contributed by atoms with E-state index < -0.39 is 11.2 Å². The van der Waals surface area contributed by atoms with Crippen LogP contribution in [-0.2, 0) is 9.47 Å². The van der Waals surface area contributed by atoms with E-state index in [0.29, 0.717) is 25.6 Å². The molecule has 1 unspecified atom stereocenters. The van der Waals surface area contributed by atoms with Crippen molar-refractivity contribution in [2.45, 2.75) is 111 Å². The maximum Gasteiger partial charge on any atom is 0.410 e. The molecule has 0 saturated heterocycles. The summed E-state index contributed by atoms with van der Waals surface area (Å²) in [5.41, 5.74) is -0.998. The Bertz CT molecular complexity index is 559. The van der Waals surface area contributed by atoms with Gasteiger partial charge in [-0.2, -0.15) is 0 Å². The van der Waals surface area contributed by atoms with Gasteiger partial charge >= 0.3 is 12.2 Å². The Balaban J connectivity index is 2.58. The van der Waals surface area contributed by atoms with Crippen LogP contribution in [0.4, 0.5) is 9.59 Å². The lowest BCUT2D eigenvalue weighted by Crippen LogP contribution is -2.47. The molecule has 7 nitrogen and oxygen atoms in total. The highest BCUT2D eigenvalue weighted by Gasteiger charge is 2.28. The van der Waals surface area contributed by atoms with Gasteiger partial charge in [-0.1, -0.05) is 39.5 Å². The van der Waals surface area contributed by atoms with Crippen LogP contribution >= 0.6 is 0 Å². The van der Waals surface area contributed by atoms with Crippen molar-refractivity contribution in [2.75, 3.05) is 26.2 Å². The molecule has 2 N–H and O–H groups in total. The topological polar surface area (TPSA) is 79.9 Å². The highest BCUT2D eigenvalue weighted by atomic mass is 16.6. The van der Waals surface area contributed by atoms with Gasteiger partial charge in [0.1, 0.15) is 11.2 Å². The fraction of sp³-hybridized carbons (Fsp3) is 0.920. The molecular weight excluding hydrogens is 406 g/mol. The van der Waals surface area contributed by atoms with Crippen LogP contribution in [0.2, 0.25) is 0 Å². The molecule has 1 fully saturated rings. The summed E-state index contributed by atoms with van der Waals surface area (Å²) < 4.78 is 11.1. The first-order valence-corrected chi connectivity index (χ1v) is 12.5. The maximum atomic E-state index is 12.9.